The Morgan fingerprint density at radius 3 is 2.65 bits per heavy atom. The fraction of sp³-hybridized carbons (Fsp3) is 0.692. The Labute approximate surface area is 137 Å². The number of carbonyl (C=O) groups is 4. The van der Waals surface area contributed by atoms with Crippen LogP contribution >= 0.6 is 11.6 Å². The largest absolute Gasteiger partial charge is 0.463 e. The second-order valence-electron chi connectivity index (χ2n) is 5.23. The molecule has 0 radical (unpaired) electrons. The molecule has 2 heterocycles. The quantitative estimate of drug-likeness (QED) is 0.551. The van der Waals surface area contributed by atoms with Gasteiger partial charge in [0, 0.05) is 20.3 Å². The van der Waals surface area contributed by atoms with E-state index >= 15 is 0 Å². The molecule has 2 aliphatic rings. The lowest BCUT2D eigenvalue weighted by atomic mass is 10.1. The zero-order valence-electron chi connectivity index (χ0n) is 12.6. The summed E-state index contributed by atoms with van der Waals surface area (Å²) in [6, 6.07) is -0.633. The lowest BCUT2D eigenvalue weighted by Crippen LogP contribution is -2.58. The Morgan fingerprint density at radius 1 is 1.35 bits per heavy atom. The van der Waals surface area contributed by atoms with Gasteiger partial charge in [0.25, 0.3) is 0 Å². The molecule has 9 nitrogen and oxygen atoms in total. The highest BCUT2D eigenvalue weighted by Gasteiger charge is 2.45. The third-order valence-corrected chi connectivity index (χ3v) is 3.77. The first-order chi connectivity index (χ1) is 10.8. The Hall–Kier alpha value is -1.87. The van der Waals surface area contributed by atoms with Crippen molar-refractivity contribution in [2.45, 2.75) is 44.1 Å². The molecule has 3 amide bonds. The molecular formula is C13H17ClN2O7. The van der Waals surface area contributed by atoms with E-state index in [4.69, 9.17) is 25.8 Å². The first-order valence-electron chi connectivity index (χ1n) is 6.99. The molecule has 0 aromatic rings. The molecule has 23 heavy (non-hydrogen) atoms. The molecule has 0 aromatic carbocycles. The second-order valence-corrected chi connectivity index (χ2v) is 5.76. The fourth-order valence-electron chi connectivity index (χ4n) is 2.42. The van der Waals surface area contributed by atoms with E-state index in [9.17, 15) is 19.2 Å². The smallest absolute Gasteiger partial charge is 0.326 e. The number of carbonyl (C=O) groups excluding carboxylic acids is 4. The molecule has 0 saturated carbocycles. The summed E-state index contributed by atoms with van der Waals surface area (Å²) in [6.45, 7) is 2.36. The van der Waals surface area contributed by atoms with E-state index < -0.39 is 47.7 Å². The normalized spacial score (nSPS) is 30.8. The number of ether oxygens (including phenoxy) is 3. The molecule has 2 saturated heterocycles. The Kier molecular flexibility index (Phi) is 5.42. The van der Waals surface area contributed by atoms with Gasteiger partial charge in [0.05, 0.1) is 6.54 Å². The molecule has 2 fully saturated rings. The molecule has 10 heteroatoms. The summed E-state index contributed by atoms with van der Waals surface area (Å²) in [6.07, 6.45) is -1.92. The number of nitrogens with zero attached hydrogens (tertiary/aromatic N) is 1. The third kappa shape index (κ3) is 4.32. The van der Waals surface area contributed by atoms with Gasteiger partial charge in [-0.3, -0.25) is 24.6 Å². The van der Waals surface area contributed by atoms with Gasteiger partial charge in [-0.15, -0.1) is 11.6 Å². The van der Waals surface area contributed by atoms with Crippen LogP contribution in [0.25, 0.3) is 0 Å². The van der Waals surface area contributed by atoms with Crippen molar-refractivity contribution in [1.29, 1.82) is 0 Å². The molecule has 2 aliphatic heterocycles. The molecule has 0 bridgehead atoms. The summed E-state index contributed by atoms with van der Waals surface area (Å²) >= 11 is 5.85. The SMILES string of the molecule is CC(=O)OCC1OC(N2CC(Cl)C(=O)NC2=O)CC1OC(C)=O. The number of halogens is 1. The van der Waals surface area contributed by atoms with Gasteiger partial charge in [-0.2, -0.15) is 0 Å². The number of hydrogen-bond donors (Lipinski definition) is 1. The molecule has 0 aromatic heterocycles. The van der Waals surface area contributed by atoms with E-state index in [0.29, 0.717) is 0 Å². The maximum Gasteiger partial charge on any atom is 0.326 e. The fourth-order valence-corrected chi connectivity index (χ4v) is 2.63. The summed E-state index contributed by atoms with van der Waals surface area (Å²) in [5.74, 6) is -1.58. The Bertz CT molecular complexity index is 526. The zero-order chi connectivity index (χ0) is 17.1. The van der Waals surface area contributed by atoms with Gasteiger partial charge < -0.3 is 14.2 Å². The Balaban J connectivity index is 2.05. The van der Waals surface area contributed by atoms with E-state index in [0.717, 1.165) is 0 Å². The van der Waals surface area contributed by atoms with Crippen LogP contribution in [0.1, 0.15) is 20.3 Å². The van der Waals surface area contributed by atoms with Crippen LogP contribution in [-0.2, 0) is 28.6 Å². The summed E-state index contributed by atoms with van der Waals surface area (Å²) in [5.41, 5.74) is 0. The molecule has 2 rings (SSSR count). The van der Waals surface area contributed by atoms with Crippen molar-refractivity contribution in [2.24, 2.45) is 0 Å². The number of nitrogens with one attached hydrogen (secondary N) is 1. The maximum atomic E-state index is 11.9. The van der Waals surface area contributed by atoms with Gasteiger partial charge in [0.2, 0.25) is 5.91 Å². The number of alkyl halides is 1. The first kappa shape index (κ1) is 17.5. The van der Waals surface area contributed by atoms with Crippen LogP contribution in [0, 0.1) is 0 Å². The van der Waals surface area contributed by atoms with E-state index in [1.54, 1.807) is 0 Å². The number of urea groups is 1. The minimum atomic E-state index is -0.893. The summed E-state index contributed by atoms with van der Waals surface area (Å²) < 4.78 is 15.7. The lowest BCUT2D eigenvalue weighted by Gasteiger charge is -2.33. The summed E-state index contributed by atoms with van der Waals surface area (Å²) in [4.78, 5) is 46.6. The monoisotopic (exact) mass is 348 g/mol. The average Bonchev–Trinajstić information content (AvgIpc) is 2.82. The number of esters is 2. The van der Waals surface area contributed by atoms with E-state index in [1.165, 1.54) is 18.7 Å². The molecule has 0 spiro atoms. The van der Waals surface area contributed by atoms with Crippen LogP contribution in [0.3, 0.4) is 0 Å². The third-order valence-electron chi connectivity index (χ3n) is 3.43. The van der Waals surface area contributed by atoms with Crippen molar-refractivity contribution in [1.82, 2.24) is 10.2 Å². The number of amides is 3. The predicted octanol–water partition coefficient (Wildman–Crippen LogP) is -0.245. The van der Waals surface area contributed by atoms with Crippen molar-refractivity contribution in [3.63, 3.8) is 0 Å². The molecule has 4 atom stereocenters. The van der Waals surface area contributed by atoms with E-state index in [1.807, 2.05) is 0 Å². The van der Waals surface area contributed by atoms with Crippen LogP contribution in [0.2, 0.25) is 0 Å². The highest BCUT2D eigenvalue weighted by atomic mass is 35.5. The van der Waals surface area contributed by atoms with Crippen molar-refractivity contribution in [3.8, 4) is 0 Å². The van der Waals surface area contributed by atoms with Crippen molar-refractivity contribution in [2.75, 3.05) is 13.2 Å². The molecule has 1 N–H and O–H groups in total. The minimum Gasteiger partial charge on any atom is -0.463 e. The van der Waals surface area contributed by atoms with Gasteiger partial charge in [0.15, 0.2) is 0 Å². The van der Waals surface area contributed by atoms with E-state index in [2.05, 4.69) is 5.32 Å². The maximum absolute atomic E-state index is 11.9. The highest BCUT2D eigenvalue weighted by molar-refractivity contribution is 6.32. The molecule has 4 unspecified atom stereocenters. The van der Waals surface area contributed by atoms with E-state index in [-0.39, 0.29) is 19.6 Å². The second kappa shape index (κ2) is 7.14. The van der Waals surface area contributed by atoms with Crippen LogP contribution < -0.4 is 5.32 Å². The molecule has 0 aliphatic carbocycles. The van der Waals surface area contributed by atoms with Crippen molar-refractivity contribution in [3.05, 3.63) is 0 Å². The van der Waals surface area contributed by atoms with Crippen molar-refractivity contribution < 1.29 is 33.4 Å². The van der Waals surface area contributed by atoms with Gasteiger partial charge in [-0.25, -0.2) is 4.79 Å². The van der Waals surface area contributed by atoms with Crippen LogP contribution in [0.5, 0.6) is 0 Å². The lowest BCUT2D eigenvalue weighted by molar-refractivity contribution is -0.156. The van der Waals surface area contributed by atoms with Crippen LogP contribution in [0.15, 0.2) is 0 Å². The van der Waals surface area contributed by atoms with Crippen molar-refractivity contribution >= 4 is 35.5 Å². The standard InChI is InChI=1S/C13H17ClN2O7/c1-6(17)21-5-10-9(22-7(2)18)3-11(23-10)16-4-8(14)12(19)15-13(16)20/h8-11H,3-5H2,1-2H3,(H,15,19,20). The minimum absolute atomic E-state index is 0.0238. The van der Waals surface area contributed by atoms with Gasteiger partial charge in [-0.1, -0.05) is 0 Å². The van der Waals surface area contributed by atoms with Gasteiger partial charge in [0.1, 0.15) is 30.4 Å². The first-order valence-corrected chi connectivity index (χ1v) is 7.43. The number of rotatable bonds is 4. The Morgan fingerprint density at radius 2 is 2.04 bits per heavy atom. The summed E-state index contributed by atoms with van der Waals surface area (Å²) in [5, 5.41) is 1.23. The number of hydrogen-bond acceptors (Lipinski definition) is 7. The topological polar surface area (TPSA) is 111 Å². The van der Waals surface area contributed by atoms with Crippen LogP contribution in [-0.4, -0.2) is 65.7 Å². The average molecular weight is 349 g/mol. The van der Waals surface area contributed by atoms with Crippen LogP contribution in [0.4, 0.5) is 4.79 Å². The summed E-state index contributed by atoms with van der Waals surface area (Å²) in [7, 11) is 0. The highest BCUT2D eigenvalue weighted by Crippen LogP contribution is 2.28. The number of imide groups is 1. The van der Waals surface area contributed by atoms with Gasteiger partial charge >= 0.3 is 18.0 Å². The predicted molar refractivity (Wildman–Crippen MR) is 75.4 cm³/mol. The zero-order valence-corrected chi connectivity index (χ0v) is 13.4. The molecule has 128 valence electrons. The molecular weight excluding hydrogens is 332 g/mol. The van der Waals surface area contributed by atoms with Gasteiger partial charge in [-0.05, 0) is 0 Å².